The van der Waals surface area contributed by atoms with Crippen LogP contribution >= 0.6 is 24.0 Å². The number of hydrogen-bond acceptors (Lipinski definition) is 3. The first-order valence-electron chi connectivity index (χ1n) is 10.6. The van der Waals surface area contributed by atoms with Gasteiger partial charge in [-0.15, -0.1) is 24.0 Å². The predicted octanol–water partition coefficient (Wildman–Crippen LogP) is 2.35. The minimum atomic E-state index is 0. The minimum Gasteiger partial charge on any atom is -0.359 e. The molecule has 1 aromatic carbocycles. The average Bonchev–Trinajstić information content (AvgIpc) is 3.19. The molecular formula is C22H34IN5O2. The lowest BCUT2D eigenvalue weighted by Crippen LogP contribution is -2.46. The number of halogens is 1. The monoisotopic (exact) mass is 527 g/mol. The van der Waals surface area contributed by atoms with Crippen LogP contribution in [0.5, 0.6) is 0 Å². The molecule has 2 heterocycles. The molecule has 8 heteroatoms. The molecule has 0 unspecified atom stereocenters. The molecule has 2 aliphatic rings. The molecule has 0 spiro atoms. The Morgan fingerprint density at radius 1 is 1.10 bits per heavy atom. The summed E-state index contributed by atoms with van der Waals surface area (Å²) in [6, 6.07) is 8.27. The van der Waals surface area contributed by atoms with Crippen LogP contribution in [-0.4, -0.2) is 61.3 Å². The largest absolute Gasteiger partial charge is 0.359 e. The third-order valence-corrected chi connectivity index (χ3v) is 5.92. The van der Waals surface area contributed by atoms with Gasteiger partial charge in [0.05, 0.1) is 0 Å². The SMILES string of the molecule is CN=C(NCCCC(=O)N1Cc2ccccc2C1)N1CCC(CC(=O)NC)CC1.I. The van der Waals surface area contributed by atoms with Crippen molar-refractivity contribution in [3.05, 3.63) is 35.4 Å². The van der Waals surface area contributed by atoms with Crippen molar-refractivity contribution in [3.8, 4) is 0 Å². The van der Waals surface area contributed by atoms with Gasteiger partial charge in [-0.05, 0) is 36.3 Å². The lowest BCUT2D eigenvalue weighted by Gasteiger charge is -2.34. The summed E-state index contributed by atoms with van der Waals surface area (Å²) < 4.78 is 0. The normalized spacial score (nSPS) is 16.7. The van der Waals surface area contributed by atoms with E-state index in [9.17, 15) is 9.59 Å². The Hall–Kier alpha value is -1.84. The summed E-state index contributed by atoms with van der Waals surface area (Å²) in [5, 5.41) is 6.10. The number of aliphatic imine (C=N–C) groups is 1. The van der Waals surface area contributed by atoms with Crippen molar-refractivity contribution in [2.75, 3.05) is 33.7 Å². The molecule has 7 nitrogen and oxygen atoms in total. The molecule has 0 atom stereocenters. The number of carbonyl (C=O) groups excluding carboxylic acids is 2. The van der Waals surface area contributed by atoms with Crippen LogP contribution < -0.4 is 10.6 Å². The summed E-state index contributed by atoms with van der Waals surface area (Å²) in [7, 11) is 3.49. The van der Waals surface area contributed by atoms with E-state index in [1.54, 1.807) is 14.1 Å². The van der Waals surface area contributed by atoms with Crippen molar-refractivity contribution in [1.82, 2.24) is 20.4 Å². The molecule has 1 aromatic rings. The molecular weight excluding hydrogens is 493 g/mol. The van der Waals surface area contributed by atoms with Crippen LogP contribution in [0.15, 0.2) is 29.3 Å². The number of fused-ring (bicyclic) bond motifs is 1. The first-order chi connectivity index (χ1) is 14.1. The highest BCUT2D eigenvalue weighted by atomic mass is 127. The zero-order valence-corrected chi connectivity index (χ0v) is 20.4. The molecule has 0 aliphatic carbocycles. The van der Waals surface area contributed by atoms with Crippen LogP contribution in [0.25, 0.3) is 0 Å². The van der Waals surface area contributed by atoms with E-state index in [2.05, 4.69) is 32.7 Å². The number of carbonyl (C=O) groups is 2. The van der Waals surface area contributed by atoms with Gasteiger partial charge in [0.15, 0.2) is 5.96 Å². The average molecular weight is 527 g/mol. The van der Waals surface area contributed by atoms with Crippen LogP contribution in [0.1, 0.15) is 43.2 Å². The van der Waals surface area contributed by atoms with Crippen LogP contribution in [-0.2, 0) is 22.7 Å². The summed E-state index contributed by atoms with van der Waals surface area (Å²) >= 11 is 0. The van der Waals surface area contributed by atoms with Gasteiger partial charge in [0, 0.05) is 59.7 Å². The topological polar surface area (TPSA) is 77.0 Å². The fourth-order valence-corrected chi connectivity index (χ4v) is 4.15. The highest BCUT2D eigenvalue weighted by Crippen LogP contribution is 2.23. The van der Waals surface area contributed by atoms with Crippen LogP contribution in [0.4, 0.5) is 0 Å². The van der Waals surface area contributed by atoms with Gasteiger partial charge < -0.3 is 20.4 Å². The number of nitrogens with one attached hydrogen (secondary N) is 2. The van der Waals surface area contributed by atoms with Gasteiger partial charge in [-0.1, -0.05) is 24.3 Å². The Labute approximate surface area is 196 Å². The highest BCUT2D eigenvalue weighted by molar-refractivity contribution is 14.0. The number of rotatable bonds is 6. The molecule has 0 radical (unpaired) electrons. The number of amides is 2. The van der Waals surface area contributed by atoms with Gasteiger partial charge in [0.1, 0.15) is 0 Å². The predicted molar refractivity (Wildman–Crippen MR) is 130 cm³/mol. The fourth-order valence-electron chi connectivity index (χ4n) is 4.15. The Morgan fingerprint density at radius 2 is 1.73 bits per heavy atom. The fraction of sp³-hybridized carbons (Fsp3) is 0.591. The Morgan fingerprint density at radius 3 is 2.30 bits per heavy atom. The van der Waals surface area contributed by atoms with Gasteiger partial charge in [-0.2, -0.15) is 0 Å². The number of piperidine rings is 1. The summed E-state index contributed by atoms with van der Waals surface area (Å²) in [6.07, 6.45) is 3.95. The molecule has 1 saturated heterocycles. The van der Waals surface area contributed by atoms with E-state index in [4.69, 9.17) is 0 Å². The maximum Gasteiger partial charge on any atom is 0.223 e. The second-order valence-electron chi connectivity index (χ2n) is 7.90. The smallest absolute Gasteiger partial charge is 0.223 e. The molecule has 1 fully saturated rings. The molecule has 0 bridgehead atoms. The second kappa shape index (κ2) is 12.1. The van der Waals surface area contributed by atoms with Crippen LogP contribution in [0, 0.1) is 5.92 Å². The van der Waals surface area contributed by atoms with E-state index >= 15 is 0 Å². The summed E-state index contributed by atoms with van der Waals surface area (Å²) in [5.41, 5.74) is 2.53. The quantitative estimate of drug-likeness (QED) is 0.258. The number of hydrogen-bond donors (Lipinski definition) is 2. The lowest BCUT2D eigenvalue weighted by molar-refractivity contribution is -0.131. The molecule has 30 heavy (non-hydrogen) atoms. The molecule has 166 valence electrons. The Balaban J connectivity index is 0.00000320. The van der Waals surface area contributed by atoms with Gasteiger partial charge in [-0.25, -0.2) is 0 Å². The number of guanidine groups is 1. The maximum atomic E-state index is 12.5. The van der Waals surface area contributed by atoms with E-state index < -0.39 is 0 Å². The molecule has 0 aromatic heterocycles. The van der Waals surface area contributed by atoms with Crippen molar-refractivity contribution >= 4 is 41.8 Å². The number of benzene rings is 1. The Bertz CT molecular complexity index is 722. The summed E-state index contributed by atoms with van der Waals surface area (Å²) in [4.78, 5) is 32.6. The summed E-state index contributed by atoms with van der Waals surface area (Å²) in [5.74, 6) is 1.68. The highest BCUT2D eigenvalue weighted by Gasteiger charge is 2.24. The van der Waals surface area contributed by atoms with Crippen LogP contribution in [0.2, 0.25) is 0 Å². The van der Waals surface area contributed by atoms with Crippen molar-refractivity contribution in [1.29, 1.82) is 0 Å². The number of nitrogens with zero attached hydrogens (tertiary/aromatic N) is 3. The zero-order valence-electron chi connectivity index (χ0n) is 18.0. The zero-order chi connectivity index (χ0) is 20.6. The minimum absolute atomic E-state index is 0. The van der Waals surface area contributed by atoms with Gasteiger partial charge in [-0.3, -0.25) is 14.6 Å². The number of likely N-dealkylation sites (tertiary alicyclic amines) is 1. The third-order valence-electron chi connectivity index (χ3n) is 5.92. The molecule has 0 saturated carbocycles. The molecule has 3 rings (SSSR count). The van der Waals surface area contributed by atoms with E-state index in [0.717, 1.165) is 57.9 Å². The molecule has 2 amide bonds. The maximum absolute atomic E-state index is 12.5. The van der Waals surface area contributed by atoms with E-state index in [-0.39, 0.29) is 35.8 Å². The van der Waals surface area contributed by atoms with Crippen molar-refractivity contribution in [2.45, 2.75) is 45.2 Å². The second-order valence-corrected chi connectivity index (χ2v) is 7.90. The van der Waals surface area contributed by atoms with Crippen molar-refractivity contribution in [2.24, 2.45) is 10.9 Å². The standard InChI is InChI=1S/C22H33N5O2.HI/c1-23-20(28)14-17-9-12-26(13-10-17)22(24-2)25-11-5-8-21(29)27-15-18-6-3-4-7-19(18)16-27;/h3-4,6-7,17H,5,8-16H2,1-2H3,(H,23,28)(H,24,25);1H. The van der Waals surface area contributed by atoms with Crippen molar-refractivity contribution in [3.63, 3.8) is 0 Å². The van der Waals surface area contributed by atoms with Crippen molar-refractivity contribution < 1.29 is 9.59 Å². The molecule has 2 N–H and O–H groups in total. The first kappa shape index (κ1) is 24.4. The van der Waals surface area contributed by atoms with Gasteiger partial charge in [0.25, 0.3) is 0 Å². The Kier molecular flexibility index (Phi) is 9.87. The first-order valence-corrected chi connectivity index (χ1v) is 10.6. The van der Waals surface area contributed by atoms with E-state index in [1.807, 2.05) is 17.0 Å². The van der Waals surface area contributed by atoms with E-state index in [1.165, 1.54) is 11.1 Å². The third kappa shape index (κ3) is 6.58. The van der Waals surface area contributed by atoms with E-state index in [0.29, 0.717) is 18.8 Å². The lowest BCUT2D eigenvalue weighted by atomic mass is 9.93. The van der Waals surface area contributed by atoms with Crippen LogP contribution in [0.3, 0.4) is 0 Å². The summed E-state index contributed by atoms with van der Waals surface area (Å²) in [6.45, 7) is 4.01. The van der Waals surface area contributed by atoms with Gasteiger partial charge >= 0.3 is 0 Å². The van der Waals surface area contributed by atoms with Gasteiger partial charge in [0.2, 0.25) is 11.8 Å². The molecule has 2 aliphatic heterocycles.